The Hall–Kier alpha value is -1.97. The molecule has 1 atom stereocenters. The summed E-state index contributed by atoms with van der Waals surface area (Å²) in [4.78, 5) is 7.19. The average molecular weight is 282 g/mol. The molecule has 0 saturated carbocycles. The van der Waals surface area contributed by atoms with Gasteiger partial charge in [0.1, 0.15) is 5.69 Å². The van der Waals surface area contributed by atoms with E-state index in [4.69, 9.17) is 4.98 Å². The van der Waals surface area contributed by atoms with Gasteiger partial charge in [0.15, 0.2) is 11.6 Å². The van der Waals surface area contributed by atoms with E-state index >= 15 is 0 Å². The highest BCUT2D eigenvalue weighted by Crippen LogP contribution is 2.26. The lowest BCUT2D eigenvalue weighted by molar-refractivity contribution is 0.479. The third-order valence-corrected chi connectivity index (χ3v) is 4.18. The van der Waals surface area contributed by atoms with Crippen molar-refractivity contribution in [2.24, 2.45) is 0 Å². The lowest BCUT2D eigenvalue weighted by Gasteiger charge is -2.34. The van der Waals surface area contributed by atoms with Gasteiger partial charge < -0.3 is 4.90 Å². The molecular formula is C17H22N4. The fraction of sp³-hybridized carbons (Fsp3) is 0.471. The molecular weight excluding hydrogens is 260 g/mol. The second kappa shape index (κ2) is 5.80. The topological polar surface area (TPSA) is 41.9 Å². The molecule has 1 saturated heterocycles. The van der Waals surface area contributed by atoms with Crippen LogP contribution >= 0.6 is 0 Å². The highest BCUT2D eigenvalue weighted by atomic mass is 15.3. The van der Waals surface area contributed by atoms with Crippen molar-refractivity contribution in [3.05, 3.63) is 35.5 Å². The van der Waals surface area contributed by atoms with E-state index in [-0.39, 0.29) is 0 Å². The summed E-state index contributed by atoms with van der Waals surface area (Å²) in [5.74, 6) is 1.71. The first kappa shape index (κ1) is 14.0. The van der Waals surface area contributed by atoms with Crippen LogP contribution in [0.1, 0.15) is 37.4 Å². The van der Waals surface area contributed by atoms with Gasteiger partial charge in [-0.1, -0.05) is 23.8 Å². The van der Waals surface area contributed by atoms with E-state index in [9.17, 15) is 0 Å². The molecule has 0 bridgehead atoms. The molecule has 4 nitrogen and oxygen atoms in total. The van der Waals surface area contributed by atoms with Crippen LogP contribution in [0.5, 0.6) is 0 Å². The number of rotatable bonds is 2. The van der Waals surface area contributed by atoms with Gasteiger partial charge in [0.2, 0.25) is 0 Å². The maximum atomic E-state index is 4.81. The van der Waals surface area contributed by atoms with Crippen LogP contribution in [0.15, 0.2) is 24.3 Å². The number of nitrogens with zero attached hydrogens (tertiary/aromatic N) is 4. The third-order valence-electron chi connectivity index (χ3n) is 4.18. The fourth-order valence-electron chi connectivity index (χ4n) is 2.96. The molecule has 0 amide bonds. The monoisotopic (exact) mass is 282 g/mol. The predicted octanol–water partition coefficient (Wildman–Crippen LogP) is 3.53. The smallest absolute Gasteiger partial charge is 0.183 e. The van der Waals surface area contributed by atoms with Gasteiger partial charge in [0.25, 0.3) is 0 Å². The van der Waals surface area contributed by atoms with Crippen LogP contribution in [0.2, 0.25) is 0 Å². The number of hydrogen-bond donors (Lipinski definition) is 0. The Balaban J connectivity index is 2.00. The zero-order valence-corrected chi connectivity index (χ0v) is 13.0. The third kappa shape index (κ3) is 2.89. The number of hydrogen-bond acceptors (Lipinski definition) is 4. The standard InChI is InChI=1S/C17H22N4/c1-12-7-6-9-15(11-12)16-18-17(14(3)19-20-16)21-10-5-4-8-13(21)2/h6-7,9,11,13H,4-5,8,10H2,1-3H3/t13-/m1/s1. The molecule has 2 heterocycles. The summed E-state index contributed by atoms with van der Waals surface area (Å²) in [7, 11) is 0. The molecule has 1 fully saturated rings. The maximum absolute atomic E-state index is 4.81. The minimum Gasteiger partial charge on any atom is -0.352 e. The van der Waals surface area contributed by atoms with E-state index in [0.29, 0.717) is 6.04 Å². The maximum Gasteiger partial charge on any atom is 0.183 e. The molecule has 0 radical (unpaired) electrons. The highest BCUT2D eigenvalue weighted by molar-refractivity contribution is 5.58. The number of aromatic nitrogens is 3. The van der Waals surface area contributed by atoms with Crippen LogP contribution in [-0.4, -0.2) is 27.8 Å². The SMILES string of the molecule is Cc1cccc(-c2nnc(C)c(N3CCCC[C@H]3C)n2)c1. The Labute approximate surface area is 126 Å². The summed E-state index contributed by atoms with van der Waals surface area (Å²) < 4.78 is 0. The molecule has 2 aromatic rings. The van der Waals surface area contributed by atoms with Gasteiger partial charge in [-0.05, 0) is 46.1 Å². The van der Waals surface area contributed by atoms with Crippen LogP contribution in [0.3, 0.4) is 0 Å². The summed E-state index contributed by atoms with van der Waals surface area (Å²) in [6, 6.07) is 8.80. The van der Waals surface area contributed by atoms with E-state index in [1.54, 1.807) is 0 Å². The lowest BCUT2D eigenvalue weighted by Crippen LogP contribution is -2.38. The number of benzene rings is 1. The summed E-state index contributed by atoms with van der Waals surface area (Å²) in [6.45, 7) is 7.41. The largest absolute Gasteiger partial charge is 0.352 e. The van der Waals surface area contributed by atoms with Gasteiger partial charge in [0, 0.05) is 18.2 Å². The van der Waals surface area contributed by atoms with Crippen molar-refractivity contribution in [2.45, 2.75) is 46.1 Å². The van der Waals surface area contributed by atoms with Gasteiger partial charge in [0.05, 0.1) is 0 Å². The highest BCUT2D eigenvalue weighted by Gasteiger charge is 2.22. The Bertz CT molecular complexity index is 638. The molecule has 0 spiro atoms. The van der Waals surface area contributed by atoms with Crippen molar-refractivity contribution in [3.8, 4) is 11.4 Å². The molecule has 4 heteroatoms. The van der Waals surface area contributed by atoms with Gasteiger partial charge in [-0.25, -0.2) is 4.98 Å². The van der Waals surface area contributed by atoms with Crippen molar-refractivity contribution < 1.29 is 0 Å². The first-order valence-electron chi connectivity index (χ1n) is 7.70. The van der Waals surface area contributed by atoms with Crippen LogP contribution in [0, 0.1) is 13.8 Å². The Morgan fingerprint density at radius 3 is 2.76 bits per heavy atom. The molecule has 0 aliphatic carbocycles. The molecule has 1 aliphatic rings. The van der Waals surface area contributed by atoms with E-state index < -0.39 is 0 Å². The van der Waals surface area contributed by atoms with E-state index in [1.807, 2.05) is 19.1 Å². The van der Waals surface area contributed by atoms with E-state index in [1.165, 1.54) is 24.8 Å². The van der Waals surface area contributed by atoms with E-state index in [0.717, 1.165) is 29.4 Å². The average Bonchev–Trinajstić information content (AvgIpc) is 2.49. The lowest BCUT2D eigenvalue weighted by atomic mass is 10.0. The van der Waals surface area contributed by atoms with Crippen LogP contribution in [0.25, 0.3) is 11.4 Å². The number of anilines is 1. The molecule has 110 valence electrons. The summed E-state index contributed by atoms with van der Waals surface area (Å²) in [5, 5.41) is 8.62. The molecule has 0 N–H and O–H groups in total. The quantitative estimate of drug-likeness (QED) is 0.845. The summed E-state index contributed by atoms with van der Waals surface area (Å²) >= 11 is 0. The van der Waals surface area contributed by atoms with Gasteiger partial charge in [-0.15, -0.1) is 10.2 Å². The Morgan fingerprint density at radius 1 is 1.14 bits per heavy atom. The molecule has 1 aromatic carbocycles. The first-order chi connectivity index (χ1) is 10.1. The Morgan fingerprint density at radius 2 is 2.00 bits per heavy atom. The minimum atomic E-state index is 0.527. The number of piperidine rings is 1. The fourth-order valence-corrected chi connectivity index (χ4v) is 2.96. The van der Waals surface area contributed by atoms with Crippen molar-refractivity contribution >= 4 is 5.82 Å². The van der Waals surface area contributed by atoms with Crippen LogP contribution in [-0.2, 0) is 0 Å². The molecule has 0 unspecified atom stereocenters. The van der Waals surface area contributed by atoms with Gasteiger partial charge >= 0.3 is 0 Å². The van der Waals surface area contributed by atoms with Gasteiger partial charge in [-0.2, -0.15) is 0 Å². The zero-order valence-electron chi connectivity index (χ0n) is 13.0. The summed E-state index contributed by atoms with van der Waals surface area (Å²) in [6.07, 6.45) is 3.76. The minimum absolute atomic E-state index is 0.527. The molecule has 21 heavy (non-hydrogen) atoms. The van der Waals surface area contributed by atoms with Gasteiger partial charge in [-0.3, -0.25) is 0 Å². The first-order valence-corrected chi connectivity index (χ1v) is 7.70. The predicted molar refractivity (Wildman–Crippen MR) is 85.4 cm³/mol. The number of aryl methyl sites for hydroxylation is 2. The van der Waals surface area contributed by atoms with Crippen molar-refractivity contribution in [2.75, 3.05) is 11.4 Å². The second-order valence-electron chi connectivity index (χ2n) is 5.95. The normalized spacial score (nSPS) is 18.8. The zero-order chi connectivity index (χ0) is 14.8. The van der Waals surface area contributed by atoms with Crippen molar-refractivity contribution in [1.82, 2.24) is 15.2 Å². The van der Waals surface area contributed by atoms with Crippen LogP contribution < -0.4 is 4.90 Å². The van der Waals surface area contributed by atoms with Crippen LogP contribution in [0.4, 0.5) is 5.82 Å². The summed E-state index contributed by atoms with van der Waals surface area (Å²) in [5.41, 5.74) is 3.16. The Kier molecular flexibility index (Phi) is 3.86. The van der Waals surface area contributed by atoms with E-state index in [2.05, 4.69) is 41.1 Å². The van der Waals surface area contributed by atoms with Crippen molar-refractivity contribution in [1.29, 1.82) is 0 Å². The molecule has 1 aliphatic heterocycles. The molecule has 3 rings (SSSR count). The molecule has 1 aromatic heterocycles. The second-order valence-corrected chi connectivity index (χ2v) is 5.95. The van der Waals surface area contributed by atoms with Crippen molar-refractivity contribution in [3.63, 3.8) is 0 Å².